The summed E-state index contributed by atoms with van der Waals surface area (Å²) in [6.07, 6.45) is 3.16. The maximum atomic E-state index is 9.75. The molecule has 5 heteroatoms. The number of rotatable bonds is 6. The quantitative estimate of drug-likeness (QED) is 0.711. The molecule has 0 aromatic carbocycles. The minimum absolute atomic E-state index is 0.211. The first-order valence-electron chi connectivity index (χ1n) is 4.90. The van der Waals surface area contributed by atoms with Crippen LogP contribution in [-0.4, -0.2) is 35.4 Å². The SMILES string of the molecule is CCCOCC(O)c1nccnc1OC. The summed E-state index contributed by atoms with van der Waals surface area (Å²) in [6, 6.07) is 0. The summed E-state index contributed by atoms with van der Waals surface area (Å²) in [6.45, 7) is 2.85. The van der Waals surface area contributed by atoms with E-state index >= 15 is 0 Å². The summed E-state index contributed by atoms with van der Waals surface area (Å²) in [5.41, 5.74) is 0.413. The number of aliphatic hydroxyl groups excluding tert-OH is 1. The van der Waals surface area contributed by atoms with E-state index in [0.717, 1.165) is 6.42 Å². The van der Waals surface area contributed by atoms with Crippen molar-refractivity contribution in [2.24, 2.45) is 0 Å². The van der Waals surface area contributed by atoms with Gasteiger partial charge in [0.05, 0.1) is 13.7 Å². The first-order chi connectivity index (χ1) is 7.29. The van der Waals surface area contributed by atoms with Crippen LogP contribution < -0.4 is 4.74 Å². The van der Waals surface area contributed by atoms with E-state index in [1.165, 1.54) is 19.5 Å². The van der Waals surface area contributed by atoms with E-state index in [9.17, 15) is 5.11 Å². The Labute approximate surface area is 89.1 Å². The Bertz CT molecular complexity index is 294. The van der Waals surface area contributed by atoms with Crippen molar-refractivity contribution in [3.05, 3.63) is 18.1 Å². The molecule has 0 aliphatic heterocycles. The van der Waals surface area contributed by atoms with Gasteiger partial charge in [-0.15, -0.1) is 0 Å². The minimum Gasteiger partial charge on any atom is -0.480 e. The van der Waals surface area contributed by atoms with E-state index in [0.29, 0.717) is 18.2 Å². The van der Waals surface area contributed by atoms with Crippen LogP contribution in [-0.2, 0) is 4.74 Å². The third kappa shape index (κ3) is 3.45. The van der Waals surface area contributed by atoms with Crippen LogP contribution in [0.2, 0.25) is 0 Å². The third-order valence-electron chi connectivity index (χ3n) is 1.82. The summed E-state index contributed by atoms with van der Waals surface area (Å²) in [5, 5.41) is 9.75. The fourth-order valence-electron chi connectivity index (χ4n) is 1.14. The second-order valence-corrected chi connectivity index (χ2v) is 3.04. The fraction of sp³-hybridized carbons (Fsp3) is 0.600. The highest BCUT2D eigenvalue weighted by molar-refractivity contribution is 5.19. The Morgan fingerprint density at radius 1 is 1.40 bits per heavy atom. The zero-order valence-electron chi connectivity index (χ0n) is 9.01. The molecule has 1 N–H and O–H groups in total. The number of nitrogens with zero attached hydrogens (tertiary/aromatic N) is 2. The average molecular weight is 212 g/mol. The van der Waals surface area contributed by atoms with Gasteiger partial charge in [-0.05, 0) is 6.42 Å². The van der Waals surface area contributed by atoms with Crippen LogP contribution in [0.25, 0.3) is 0 Å². The monoisotopic (exact) mass is 212 g/mol. The Kier molecular flexibility index (Phi) is 5.00. The predicted molar refractivity (Wildman–Crippen MR) is 54.7 cm³/mol. The van der Waals surface area contributed by atoms with Crippen molar-refractivity contribution < 1.29 is 14.6 Å². The number of ether oxygens (including phenoxy) is 2. The lowest BCUT2D eigenvalue weighted by Gasteiger charge is -2.12. The molecule has 0 saturated heterocycles. The average Bonchev–Trinajstić information content (AvgIpc) is 2.29. The number of methoxy groups -OCH3 is 1. The molecule has 1 atom stereocenters. The van der Waals surface area contributed by atoms with E-state index in [4.69, 9.17) is 9.47 Å². The lowest BCUT2D eigenvalue weighted by molar-refractivity contribution is 0.0326. The van der Waals surface area contributed by atoms with Gasteiger partial charge >= 0.3 is 0 Å². The van der Waals surface area contributed by atoms with E-state index in [1.54, 1.807) is 0 Å². The maximum Gasteiger partial charge on any atom is 0.238 e. The summed E-state index contributed by atoms with van der Waals surface area (Å²) in [5.74, 6) is 0.338. The number of hydrogen-bond donors (Lipinski definition) is 1. The molecule has 0 aliphatic carbocycles. The minimum atomic E-state index is -0.791. The molecular formula is C10H16N2O3. The van der Waals surface area contributed by atoms with Crippen molar-refractivity contribution in [2.75, 3.05) is 20.3 Å². The van der Waals surface area contributed by atoms with Gasteiger partial charge < -0.3 is 14.6 Å². The zero-order valence-corrected chi connectivity index (χ0v) is 9.01. The molecule has 1 heterocycles. The van der Waals surface area contributed by atoms with Crippen LogP contribution in [0, 0.1) is 0 Å². The Hall–Kier alpha value is -1.20. The van der Waals surface area contributed by atoms with Gasteiger partial charge in [0.25, 0.3) is 0 Å². The lowest BCUT2D eigenvalue weighted by Crippen LogP contribution is -2.11. The van der Waals surface area contributed by atoms with Crippen molar-refractivity contribution in [3.63, 3.8) is 0 Å². The molecule has 15 heavy (non-hydrogen) atoms. The lowest BCUT2D eigenvalue weighted by atomic mass is 10.2. The van der Waals surface area contributed by atoms with Crippen LogP contribution in [0.1, 0.15) is 25.1 Å². The zero-order chi connectivity index (χ0) is 11.1. The van der Waals surface area contributed by atoms with E-state index in [2.05, 4.69) is 9.97 Å². The van der Waals surface area contributed by atoms with Gasteiger partial charge in [0.15, 0.2) is 0 Å². The Balaban J connectivity index is 2.59. The van der Waals surface area contributed by atoms with Crippen molar-refractivity contribution >= 4 is 0 Å². The van der Waals surface area contributed by atoms with Gasteiger partial charge in [-0.1, -0.05) is 6.92 Å². The molecule has 0 aliphatic rings. The highest BCUT2D eigenvalue weighted by Crippen LogP contribution is 2.19. The molecule has 0 amide bonds. The first kappa shape index (κ1) is 11.9. The van der Waals surface area contributed by atoms with Gasteiger partial charge in [0.2, 0.25) is 5.88 Å². The molecule has 1 aromatic rings. The molecule has 1 aromatic heterocycles. The molecular weight excluding hydrogens is 196 g/mol. The molecule has 0 saturated carbocycles. The highest BCUT2D eigenvalue weighted by Gasteiger charge is 2.15. The summed E-state index contributed by atoms with van der Waals surface area (Å²) in [7, 11) is 1.49. The van der Waals surface area contributed by atoms with E-state index < -0.39 is 6.10 Å². The summed E-state index contributed by atoms with van der Waals surface area (Å²) >= 11 is 0. The predicted octanol–water partition coefficient (Wildman–Crippen LogP) is 0.945. The van der Waals surface area contributed by atoms with E-state index in [1.807, 2.05) is 6.92 Å². The van der Waals surface area contributed by atoms with Crippen LogP contribution in [0.4, 0.5) is 0 Å². The third-order valence-corrected chi connectivity index (χ3v) is 1.82. The van der Waals surface area contributed by atoms with Crippen LogP contribution >= 0.6 is 0 Å². The number of aliphatic hydroxyl groups is 1. The Morgan fingerprint density at radius 3 is 2.80 bits per heavy atom. The van der Waals surface area contributed by atoms with Crippen molar-refractivity contribution in [1.29, 1.82) is 0 Å². The van der Waals surface area contributed by atoms with Gasteiger partial charge in [0, 0.05) is 19.0 Å². The second kappa shape index (κ2) is 6.31. The number of hydrogen-bond acceptors (Lipinski definition) is 5. The first-order valence-corrected chi connectivity index (χ1v) is 4.90. The smallest absolute Gasteiger partial charge is 0.238 e. The molecule has 5 nitrogen and oxygen atoms in total. The molecule has 0 bridgehead atoms. The van der Waals surface area contributed by atoms with Crippen LogP contribution in [0.15, 0.2) is 12.4 Å². The molecule has 0 radical (unpaired) electrons. The standard InChI is InChI=1S/C10H16N2O3/c1-3-6-15-7-8(13)9-10(14-2)12-5-4-11-9/h4-5,8,13H,3,6-7H2,1-2H3. The Morgan fingerprint density at radius 2 is 2.13 bits per heavy atom. The molecule has 1 rings (SSSR count). The van der Waals surface area contributed by atoms with Crippen molar-refractivity contribution in [1.82, 2.24) is 9.97 Å². The number of aromatic nitrogens is 2. The topological polar surface area (TPSA) is 64.5 Å². The van der Waals surface area contributed by atoms with Crippen molar-refractivity contribution in [2.45, 2.75) is 19.4 Å². The molecule has 1 unspecified atom stereocenters. The van der Waals surface area contributed by atoms with Gasteiger partial charge in [0.1, 0.15) is 11.8 Å². The molecule has 84 valence electrons. The van der Waals surface area contributed by atoms with Crippen LogP contribution in [0.5, 0.6) is 5.88 Å². The van der Waals surface area contributed by atoms with E-state index in [-0.39, 0.29) is 6.61 Å². The largest absolute Gasteiger partial charge is 0.480 e. The van der Waals surface area contributed by atoms with Gasteiger partial charge in [-0.25, -0.2) is 4.98 Å². The van der Waals surface area contributed by atoms with Gasteiger partial charge in [-0.2, -0.15) is 0 Å². The second-order valence-electron chi connectivity index (χ2n) is 3.04. The normalized spacial score (nSPS) is 12.5. The molecule has 0 fully saturated rings. The summed E-state index contributed by atoms with van der Waals surface area (Å²) < 4.78 is 10.2. The van der Waals surface area contributed by atoms with Gasteiger partial charge in [-0.3, -0.25) is 4.98 Å². The maximum absolute atomic E-state index is 9.75. The summed E-state index contributed by atoms with van der Waals surface area (Å²) in [4.78, 5) is 7.96. The molecule has 0 spiro atoms. The van der Waals surface area contributed by atoms with Crippen molar-refractivity contribution in [3.8, 4) is 5.88 Å². The fourth-order valence-corrected chi connectivity index (χ4v) is 1.14. The highest BCUT2D eigenvalue weighted by atomic mass is 16.5. The van der Waals surface area contributed by atoms with Crippen LogP contribution in [0.3, 0.4) is 0 Å².